The van der Waals surface area contributed by atoms with E-state index in [0.29, 0.717) is 49.5 Å². The van der Waals surface area contributed by atoms with Crippen molar-refractivity contribution in [3.8, 4) is 5.75 Å². The van der Waals surface area contributed by atoms with E-state index in [1.165, 1.54) is 0 Å². The summed E-state index contributed by atoms with van der Waals surface area (Å²) >= 11 is 5.81. The second kappa shape index (κ2) is 8.90. The molecule has 2 rings (SSSR count). The van der Waals surface area contributed by atoms with Crippen LogP contribution in [0.3, 0.4) is 0 Å². The van der Waals surface area contributed by atoms with Gasteiger partial charge in [0, 0.05) is 18.1 Å². The van der Waals surface area contributed by atoms with Gasteiger partial charge in [-0.3, -0.25) is 4.79 Å². The smallest absolute Gasteiger partial charge is 0.260 e. The standard InChI is InChI=1S/C18H26ClNO4S/c1-3-16(4-2)25(22,23)17-9-11-20(12-10-17)18(21)13-24-15-7-5-14(19)6-8-15/h5-8,16-17H,3-4,9-13H2,1-2H3. The molecule has 140 valence electrons. The van der Waals surface area contributed by atoms with E-state index in [-0.39, 0.29) is 23.0 Å². The molecule has 1 aromatic rings. The van der Waals surface area contributed by atoms with E-state index < -0.39 is 9.84 Å². The first kappa shape index (κ1) is 20.0. The molecule has 0 bridgehead atoms. The van der Waals surface area contributed by atoms with Crippen LogP contribution in [0.5, 0.6) is 5.75 Å². The Morgan fingerprint density at radius 2 is 1.76 bits per heavy atom. The van der Waals surface area contributed by atoms with E-state index in [0.717, 1.165) is 0 Å². The van der Waals surface area contributed by atoms with E-state index in [2.05, 4.69) is 0 Å². The Labute approximate surface area is 155 Å². The number of hydrogen-bond donors (Lipinski definition) is 0. The van der Waals surface area contributed by atoms with Crippen molar-refractivity contribution in [3.05, 3.63) is 29.3 Å². The molecule has 0 spiro atoms. The highest BCUT2D eigenvalue weighted by atomic mass is 35.5. The van der Waals surface area contributed by atoms with E-state index in [1.807, 2.05) is 13.8 Å². The molecule has 1 aliphatic heterocycles. The number of amides is 1. The lowest BCUT2D eigenvalue weighted by molar-refractivity contribution is -0.134. The SMILES string of the molecule is CCC(CC)S(=O)(=O)C1CCN(C(=O)COc2ccc(Cl)cc2)CC1. The maximum Gasteiger partial charge on any atom is 0.260 e. The van der Waals surface area contributed by atoms with Crippen molar-refractivity contribution >= 4 is 27.3 Å². The van der Waals surface area contributed by atoms with E-state index in [4.69, 9.17) is 16.3 Å². The lowest BCUT2D eigenvalue weighted by atomic mass is 10.1. The number of benzene rings is 1. The predicted octanol–water partition coefficient (Wildman–Crippen LogP) is 3.31. The molecule has 0 atom stereocenters. The summed E-state index contributed by atoms with van der Waals surface area (Å²) in [5, 5.41) is 0.00560. The van der Waals surface area contributed by atoms with Gasteiger partial charge in [0.15, 0.2) is 16.4 Å². The van der Waals surface area contributed by atoms with Gasteiger partial charge < -0.3 is 9.64 Å². The second-order valence-corrected chi connectivity index (χ2v) is 9.30. The summed E-state index contributed by atoms with van der Waals surface area (Å²) in [7, 11) is -3.11. The fraction of sp³-hybridized carbons (Fsp3) is 0.611. The van der Waals surface area contributed by atoms with Crippen molar-refractivity contribution in [2.45, 2.75) is 50.0 Å². The van der Waals surface area contributed by atoms with Gasteiger partial charge in [-0.2, -0.15) is 0 Å². The van der Waals surface area contributed by atoms with E-state index >= 15 is 0 Å². The lowest BCUT2D eigenvalue weighted by Gasteiger charge is -2.33. The third-order valence-corrected chi connectivity index (χ3v) is 8.06. The monoisotopic (exact) mass is 387 g/mol. The summed E-state index contributed by atoms with van der Waals surface area (Å²) in [5.74, 6) is 0.470. The molecule has 0 unspecified atom stereocenters. The van der Waals surface area contributed by atoms with Crippen LogP contribution in [0.4, 0.5) is 0 Å². The number of nitrogens with zero attached hydrogens (tertiary/aromatic N) is 1. The number of likely N-dealkylation sites (tertiary alicyclic amines) is 1. The molecule has 1 heterocycles. The highest BCUT2D eigenvalue weighted by Gasteiger charge is 2.35. The van der Waals surface area contributed by atoms with Crippen molar-refractivity contribution in [3.63, 3.8) is 0 Å². The number of halogens is 1. The number of sulfone groups is 1. The molecule has 7 heteroatoms. The summed E-state index contributed by atoms with van der Waals surface area (Å²) < 4.78 is 30.7. The van der Waals surface area contributed by atoms with Crippen LogP contribution in [-0.4, -0.2) is 49.4 Å². The maximum absolute atomic E-state index is 12.6. The summed E-state index contributed by atoms with van der Waals surface area (Å²) in [5.41, 5.74) is 0. The van der Waals surface area contributed by atoms with Gasteiger partial charge in [0.1, 0.15) is 5.75 Å². The van der Waals surface area contributed by atoms with Crippen molar-refractivity contribution in [2.75, 3.05) is 19.7 Å². The first-order valence-corrected chi connectivity index (χ1v) is 10.8. The van der Waals surface area contributed by atoms with Gasteiger partial charge in [-0.15, -0.1) is 0 Å². The van der Waals surface area contributed by atoms with Gasteiger partial charge in [0.05, 0.1) is 10.5 Å². The van der Waals surface area contributed by atoms with Crippen molar-refractivity contribution in [1.29, 1.82) is 0 Å². The molecule has 0 N–H and O–H groups in total. The zero-order valence-electron chi connectivity index (χ0n) is 14.8. The number of hydrogen-bond acceptors (Lipinski definition) is 4. The topological polar surface area (TPSA) is 63.7 Å². The third kappa shape index (κ3) is 5.11. The Kier molecular flexibility index (Phi) is 7.14. The van der Waals surface area contributed by atoms with Crippen molar-refractivity contribution in [2.24, 2.45) is 0 Å². The highest BCUT2D eigenvalue weighted by Crippen LogP contribution is 2.25. The Bertz CT molecular complexity index is 663. The Hall–Kier alpha value is -1.27. The fourth-order valence-electron chi connectivity index (χ4n) is 3.23. The Morgan fingerprint density at radius 3 is 2.28 bits per heavy atom. The van der Waals surface area contributed by atoms with Crippen LogP contribution in [0, 0.1) is 0 Å². The first-order chi connectivity index (χ1) is 11.9. The predicted molar refractivity (Wildman–Crippen MR) is 99.8 cm³/mol. The average molecular weight is 388 g/mol. The van der Waals surface area contributed by atoms with Crippen molar-refractivity contribution in [1.82, 2.24) is 4.90 Å². The first-order valence-electron chi connectivity index (χ1n) is 8.77. The van der Waals surface area contributed by atoms with Crippen LogP contribution in [0.25, 0.3) is 0 Å². The van der Waals surface area contributed by atoms with Gasteiger partial charge in [-0.25, -0.2) is 8.42 Å². The minimum absolute atomic E-state index is 0.0500. The molecule has 1 amide bonds. The molecule has 1 saturated heterocycles. The minimum atomic E-state index is -3.11. The molecule has 1 aliphatic rings. The molecule has 25 heavy (non-hydrogen) atoms. The summed E-state index contributed by atoms with van der Waals surface area (Å²) in [4.78, 5) is 14.0. The van der Waals surface area contributed by atoms with Gasteiger partial charge >= 0.3 is 0 Å². The second-order valence-electron chi connectivity index (χ2n) is 6.35. The molecular formula is C18H26ClNO4S. The van der Waals surface area contributed by atoms with Gasteiger partial charge in [0.2, 0.25) is 0 Å². The van der Waals surface area contributed by atoms with Crippen LogP contribution in [0.15, 0.2) is 24.3 Å². The number of rotatable bonds is 7. The Morgan fingerprint density at radius 1 is 1.20 bits per heavy atom. The molecule has 0 aliphatic carbocycles. The summed E-state index contributed by atoms with van der Waals surface area (Å²) in [6, 6.07) is 6.83. The third-order valence-electron chi connectivity index (χ3n) is 4.81. The quantitative estimate of drug-likeness (QED) is 0.720. The number of piperidine rings is 1. The molecule has 1 fully saturated rings. The number of carbonyl (C=O) groups excluding carboxylic acids is 1. The van der Waals surface area contributed by atoms with Gasteiger partial charge in [0.25, 0.3) is 5.91 Å². The largest absolute Gasteiger partial charge is 0.484 e. The molecule has 0 radical (unpaired) electrons. The molecule has 1 aromatic carbocycles. The Balaban J connectivity index is 1.84. The van der Waals surface area contributed by atoms with Crippen LogP contribution in [-0.2, 0) is 14.6 Å². The van der Waals surface area contributed by atoms with E-state index in [1.54, 1.807) is 29.2 Å². The molecule has 0 saturated carbocycles. The molecular weight excluding hydrogens is 362 g/mol. The molecule has 5 nitrogen and oxygen atoms in total. The number of ether oxygens (including phenoxy) is 1. The zero-order chi connectivity index (χ0) is 18.4. The fourth-order valence-corrected chi connectivity index (χ4v) is 5.69. The summed E-state index contributed by atoms with van der Waals surface area (Å²) in [6.45, 7) is 4.71. The minimum Gasteiger partial charge on any atom is -0.484 e. The van der Waals surface area contributed by atoms with Crippen molar-refractivity contribution < 1.29 is 17.9 Å². The summed E-state index contributed by atoms with van der Waals surface area (Å²) in [6.07, 6.45) is 2.30. The highest BCUT2D eigenvalue weighted by molar-refractivity contribution is 7.92. The van der Waals surface area contributed by atoms with E-state index in [9.17, 15) is 13.2 Å². The lowest BCUT2D eigenvalue weighted by Crippen LogP contribution is -2.46. The van der Waals surface area contributed by atoms with Crippen LogP contribution < -0.4 is 4.74 Å². The van der Waals surface area contributed by atoms with Crippen LogP contribution in [0.2, 0.25) is 5.02 Å². The van der Waals surface area contributed by atoms with Crippen LogP contribution >= 0.6 is 11.6 Å². The maximum atomic E-state index is 12.6. The molecule has 0 aromatic heterocycles. The normalized spacial score (nSPS) is 16.2. The van der Waals surface area contributed by atoms with Crippen LogP contribution in [0.1, 0.15) is 39.5 Å². The van der Waals surface area contributed by atoms with Gasteiger partial charge in [-0.05, 0) is 49.9 Å². The number of carbonyl (C=O) groups is 1. The average Bonchev–Trinajstić information content (AvgIpc) is 2.62. The zero-order valence-corrected chi connectivity index (χ0v) is 16.4. The van der Waals surface area contributed by atoms with Gasteiger partial charge in [-0.1, -0.05) is 25.4 Å².